The Kier molecular flexibility index (Phi) is 11.0. The van der Waals surface area contributed by atoms with Crippen LogP contribution in [0.15, 0.2) is 122 Å². The third-order valence-electron chi connectivity index (χ3n) is 12.5. The third-order valence-corrected chi connectivity index (χ3v) is 12.5. The van der Waals surface area contributed by atoms with Crippen molar-refractivity contribution in [3.05, 3.63) is 196 Å². The van der Waals surface area contributed by atoms with Crippen LogP contribution in [0, 0.1) is 32.0 Å². The molecular formula is C52H53BIrN5. The number of imidazole rings is 1. The molecule has 4 heterocycles. The van der Waals surface area contributed by atoms with Gasteiger partial charge in [-0.05, 0) is 86.4 Å². The second kappa shape index (κ2) is 15.5. The Balaban J connectivity index is 0.00000528. The molecule has 0 spiro atoms. The molecule has 1 aliphatic heterocycles. The van der Waals surface area contributed by atoms with E-state index in [1.807, 2.05) is 36.7 Å². The summed E-state index contributed by atoms with van der Waals surface area (Å²) in [5.74, 6) is 0.863. The minimum Gasteiger partial charge on any atom is -0.436 e. The molecule has 5 nitrogen and oxygen atoms in total. The zero-order valence-electron chi connectivity index (χ0n) is 36.2. The van der Waals surface area contributed by atoms with E-state index in [1.54, 1.807) is 0 Å². The number of rotatable bonds is 7. The van der Waals surface area contributed by atoms with Gasteiger partial charge in [-0.3, -0.25) is 15.0 Å². The molecule has 7 heteroatoms. The number of aromatic nitrogens is 4. The van der Waals surface area contributed by atoms with Gasteiger partial charge in [-0.25, -0.2) is 0 Å². The van der Waals surface area contributed by atoms with Crippen molar-refractivity contribution in [1.82, 2.24) is 19.4 Å². The number of hydrogen-bond donors (Lipinski definition) is 0. The van der Waals surface area contributed by atoms with Gasteiger partial charge >= 0.3 is 27.1 Å². The summed E-state index contributed by atoms with van der Waals surface area (Å²) in [6, 6.07) is 47.5. The average molecular weight is 951 g/mol. The Labute approximate surface area is 365 Å². The van der Waals surface area contributed by atoms with Crippen molar-refractivity contribution in [2.24, 2.45) is 0 Å². The molecule has 2 atom stereocenters. The van der Waals surface area contributed by atoms with Crippen LogP contribution in [0.4, 0.5) is 5.69 Å². The van der Waals surface area contributed by atoms with Gasteiger partial charge in [0.05, 0.1) is 22.5 Å². The first-order valence-electron chi connectivity index (χ1n) is 20.4. The molecule has 0 saturated carbocycles. The van der Waals surface area contributed by atoms with Gasteiger partial charge in [0.1, 0.15) is 0 Å². The van der Waals surface area contributed by atoms with Crippen LogP contribution in [0.1, 0.15) is 111 Å². The van der Waals surface area contributed by atoms with Gasteiger partial charge in [0.15, 0.2) is 0 Å². The van der Waals surface area contributed by atoms with E-state index in [0.717, 1.165) is 50.8 Å². The number of aryl methyl sites for hydroxylation is 2. The Morgan fingerprint density at radius 2 is 1.14 bits per heavy atom. The van der Waals surface area contributed by atoms with Crippen LogP contribution in [-0.4, -0.2) is 33.5 Å². The summed E-state index contributed by atoms with van der Waals surface area (Å²) >= 11 is 0. The van der Waals surface area contributed by atoms with E-state index < -0.39 is 10.8 Å². The van der Waals surface area contributed by atoms with Gasteiger partial charge in [0.25, 0.3) is 0 Å². The average Bonchev–Trinajstić information content (AvgIpc) is 3.67. The Morgan fingerprint density at radius 3 is 1.66 bits per heavy atom. The van der Waals surface area contributed by atoms with Gasteiger partial charge in [-0.1, -0.05) is 82.1 Å². The van der Waals surface area contributed by atoms with Crippen molar-refractivity contribution in [3.8, 4) is 11.4 Å². The maximum absolute atomic E-state index is 5.72. The summed E-state index contributed by atoms with van der Waals surface area (Å²) in [7, 11) is 2.20. The van der Waals surface area contributed by atoms with E-state index in [1.165, 1.54) is 27.7 Å². The number of benzene rings is 4. The summed E-state index contributed by atoms with van der Waals surface area (Å²) in [5, 5.41) is 0. The molecule has 0 bridgehead atoms. The fourth-order valence-corrected chi connectivity index (χ4v) is 8.71. The fourth-order valence-electron chi connectivity index (χ4n) is 8.71. The molecular weight excluding hydrogens is 898 g/mol. The van der Waals surface area contributed by atoms with Gasteiger partial charge in [-0.2, -0.15) is 60.7 Å². The Bertz CT molecular complexity index is 2600. The summed E-state index contributed by atoms with van der Waals surface area (Å²) in [6.45, 7) is 22.3. The number of anilines is 1. The van der Waals surface area contributed by atoms with Crippen molar-refractivity contribution in [2.45, 2.75) is 90.9 Å². The SMILES string of the molecule is Cc1cccc(C)c1B1N(C)c2ccc(C(C)(c3[c-]cccc3)c3cc(C(C)(C)C)ccn3)[c-]c2-c2nc([C@](C)(c3[c-]cccc3)c3cc(C(C)(C)C)ccn3)cn21.[Ir+3]. The smallest absolute Gasteiger partial charge is 0.436 e. The molecule has 0 fully saturated rings. The summed E-state index contributed by atoms with van der Waals surface area (Å²) in [4.78, 5) is 18.3. The van der Waals surface area contributed by atoms with Crippen LogP contribution in [0.5, 0.6) is 0 Å². The summed E-state index contributed by atoms with van der Waals surface area (Å²) in [6.07, 6.45) is 6.15. The minimum absolute atomic E-state index is 0. The molecule has 8 rings (SSSR count). The van der Waals surface area contributed by atoms with Crippen LogP contribution in [0.3, 0.4) is 0 Å². The molecule has 4 aromatic carbocycles. The van der Waals surface area contributed by atoms with Gasteiger partial charge in [-0.15, -0.1) is 34.9 Å². The van der Waals surface area contributed by atoms with Crippen molar-refractivity contribution in [2.75, 3.05) is 11.9 Å². The fraction of sp³-hybridized carbons (Fsp3) is 0.288. The molecule has 0 N–H and O–H groups in total. The molecule has 0 saturated heterocycles. The molecule has 298 valence electrons. The number of fused-ring (bicyclic) bond motifs is 3. The maximum atomic E-state index is 5.72. The molecule has 1 unspecified atom stereocenters. The number of nitrogens with zero attached hydrogens (tertiary/aromatic N) is 5. The number of hydrogen-bond acceptors (Lipinski definition) is 4. The molecule has 1 aliphatic rings. The third kappa shape index (κ3) is 7.21. The first-order chi connectivity index (χ1) is 27.5. The van der Waals surface area contributed by atoms with Crippen LogP contribution >= 0.6 is 0 Å². The standard InChI is InChI=1S/C52H53BN5.Ir/c1-35-19-18-20-36(2)47(35)53-57(11)43-26-25-41(51(9,37-21-14-12-15-22-37)44-32-39(27-29-54-44)49(3,4)5)31-42(43)48-56-46(34-58(48)53)52(10,38-23-16-13-17-24-38)45-33-40(28-30-55-45)50(6,7)8;/h12-21,23,25-30,32-34H,1-11H3;/q-3;+3/t51?,52-;/m1./s1. The van der Waals surface area contributed by atoms with Crippen LogP contribution < -0.4 is 10.3 Å². The molecule has 0 amide bonds. The van der Waals surface area contributed by atoms with E-state index in [-0.39, 0.29) is 37.9 Å². The largest absolute Gasteiger partial charge is 3.00 e. The summed E-state index contributed by atoms with van der Waals surface area (Å²) in [5.41, 5.74) is 12.5. The van der Waals surface area contributed by atoms with Gasteiger partial charge in [0, 0.05) is 29.8 Å². The van der Waals surface area contributed by atoms with E-state index >= 15 is 0 Å². The zero-order valence-corrected chi connectivity index (χ0v) is 38.6. The normalized spacial score (nSPS) is 14.8. The van der Waals surface area contributed by atoms with Gasteiger partial charge in [0.2, 0.25) is 0 Å². The molecule has 59 heavy (non-hydrogen) atoms. The van der Waals surface area contributed by atoms with Crippen molar-refractivity contribution >= 4 is 18.1 Å². The Morgan fingerprint density at radius 1 is 0.593 bits per heavy atom. The van der Waals surface area contributed by atoms with E-state index in [9.17, 15) is 0 Å². The topological polar surface area (TPSA) is 46.8 Å². The maximum Gasteiger partial charge on any atom is 3.00 e. The van der Waals surface area contributed by atoms with Crippen LogP contribution in [0.2, 0.25) is 0 Å². The first-order valence-corrected chi connectivity index (χ1v) is 20.4. The van der Waals surface area contributed by atoms with E-state index in [4.69, 9.17) is 15.0 Å². The Hall–Kier alpha value is -5.10. The van der Waals surface area contributed by atoms with Gasteiger partial charge < -0.3 is 9.29 Å². The summed E-state index contributed by atoms with van der Waals surface area (Å²) < 4.78 is 2.37. The monoisotopic (exact) mass is 951 g/mol. The molecule has 0 radical (unpaired) electrons. The number of pyridine rings is 2. The second-order valence-electron chi connectivity index (χ2n) is 18.4. The zero-order chi connectivity index (χ0) is 41.2. The first kappa shape index (κ1) is 42.0. The van der Waals surface area contributed by atoms with E-state index in [2.05, 4.69) is 189 Å². The molecule has 0 aliphatic carbocycles. The van der Waals surface area contributed by atoms with Crippen molar-refractivity contribution in [1.29, 1.82) is 0 Å². The van der Waals surface area contributed by atoms with E-state index in [0.29, 0.717) is 0 Å². The second-order valence-corrected chi connectivity index (χ2v) is 18.4. The minimum atomic E-state index is -0.723. The molecule has 7 aromatic rings. The van der Waals surface area contributed by atoms with Crippen LogP contribution in [0.25, 0.3) is 11.4 Å². The quantitative estimate of drug-likeness (QED) is 0.118. The van der Waals surface area contributed by atoms with Crippen LogP contribution in [-0.2, 0) is 41.8 Å². The predicted octanol–water partition coefficient (Wildman–Crippen LogP) is 10.4. The van der Waals surface area contributed by atoms with Crippen molar-refractivity contribution in [3.63, 3.8) is 0 Å². The predicted molar refractivity (Wildman–Crippen MR) is 239 cm³/mol. The molecule has 3 aromatic heterocycles. The van der Waals surface area contributed by atoms with Crippen molar-refractivity contribution < 1.29 is 20.1 Å².